The van der Waals surface area contributed by atoms with Crippen LogP contribution in [0.15, 0.2) is 35.4 Å². The molecule has 0 aliphatic carbocycles. The molecule has 0 aliphatic heterocycles. The lowest BCUT2D eigenvalue weighted by Gasteiger charge is -2.06. The van der Waals surface area contributed by atoms with Crippen molar-refractivity contribution in [3.63, 3.8) is 0 Å². The number of carbonyl (C=O) groups is 1. The third-order valence-corrected chi connectivity index (χ3v) is 3.98. The zero-order chi connectivity index (χ0) is 15.6. The summed E-state index contributed by atoms with van der Waals surface area (Å²) in [6.45, 7) is 0. The summed E-state index contributed by atoms with van der Waals surface area (Å²) in [6, 6.07) is 4.60. The molecule has 0 bridgehead atoms. The quantitative estimate of drug-likeness (QED) is 0.767. The summed E-state index contributed by atoms with van der Waals surface area (Å²) in [5.41, 5.74) is 5.60. The van der Waals surface area contributed by atoms with E-state index in [1.54, 1.807) is 0 Å². The largest absolute Gasteiger partial charge is 0.365 e. The Morgan fingerprint density at radius 1 is 1.29 bits per heavy atom. The molecule has 0 aliphatic rings. The minimum absolute atomic E-state index is 0.110. The molecule has 21 heavy (non-hydrogen) atoms. The second-order valence-electron chi connectivity index (χ2n) is 3.97. The zero-order valence-corrected chi connectivity index (χ0v) is 11.2. The number of aromatic amines is 1. The highest BCUT2D eigenvalue weighted by molar-refractivity contribution is 7.91. The maximum absolute atomic E-state index is 12.4. The Morgan fingerprint density at radius 2 is 1.90 bits per heavy atom. The molecule has 1 aromatic heterocycles. The van der Waals surface area contributed by atoms with E-state index in [9.17, 15) is 22.0 Å². The fourth-order valence-corrected chi connectivity index (χ4v) is 2.26. The van der Waals surface area contributed by atoms with Crippen molar-refractivity contribution in [3.05, 3.63) is 36.0 Å². The van der Waals surface area contributed by atoms with E-state index >= 15 is 0 Å². The van der Waals surface area contributed by atoms with Crippen LogP contribution in [0.3, 0.4) is 0 Å². The zero-order valence-electron chi connectivity index (χ0n) is 10.4. The number of hydrogen-bond donors (Lipinski definition) is 3. The number of primary amides is 1. The van der Waals surface area contributed by atoms with E-state index in [1.165, 1.54) is 18.3 Å². The van der Waals surface area contributed by atoms with Crippen LogP contribution in [0.4, 0.5) is 20.3 Å². The van der Waals surface area contributed by atoms with Crippen molar-refractivity contribution in [2.75, 3.05) is 5.32 Å². The van der Waals surface area contributed by atoms with Gasteiger partial charge in [0.25, 0.3) is 5.91 Å². The Hall–Kier alpha value is -2.49. The Labute approximate surface area is 118 Å². The molecule has 0 saturated heterocycles. The standard InChI is InChI=1S/C11H10F2N4O3S/c12-11(13)21(19,20)7-3-1-6(2-4-7)16-10-8(9(14)18)5-15-17-10/h1-5,11H,(H2,14,18)(H2,15,16,17). The highest BCUT2D eigenvalue weighted by Gasteiger charge is 2.26. The molecule has 4 N–H and O–H groups in total. The number of H-pyrrole nitrogens is 1. The van der Waals surface area contributed by atoms with E-state index in [0.29, 0.717) is 5.69 Å². The van der Waals surface area contributed by atoms with Crippen molar-refractivity contribution < 1.29 is 22.0 Å². The topological polar surface area (TPSA) is 118 Å². The Kier molecular flexibility index (Phi) is 3.89. The lowest BCUT2D eigenvalue weighted by Crippen LogP contribution is -2.12. The van der Waals surface area contributed by atoms with E-state index in [2.05, 4.69) is 15.5 Å². The predicted octanol–water partition coefficient (Wildman–Crippen LogP) is 1.25. The molecule has 112 valence electrons. The molecule has 2 aromatic rings. The first-order chi connectivity index (χ1) is 9.82. The van der Waals surface area contributed by atoms with Gasteiger partial charge in [-0.15, -0.1) is 0 Å². The molecule has 0 fully saturated rings. The third-order valence-electron chi connectivity index (χ3n) is 2.59. The van der Waals surface area contributed by atoms with Crippen LogP contribution in [0, 0.1) is 0 Å². The van der Waals surface area contributed by atoms with E-state index in [-0.39, 0.29) is 11.4 Å². The maximum Gasteiger partial charge on any atom is 0.341 e. The van der Waals surface area contributed by atoms with Crippen molar-refractivity contribution in [1.82, 2.24) is 10.2 Å². The van der Waals surface area contributed by atoms with Gasteiger partial charge >= 0.3 is 5.76 Å². The van der Waals surface area contributed by atoms with Crippen molar-refractivity contribution in [1.29, 1.82) is 0 Å². The number of carbonyl (C=O) groups excluding carboxylic acids is 1. The van der Waals surface area contributed by atoms with E-state index < -0.39 is 26.4 Å². The summed E-state index contributed by atoms with van der Waals surface area (Å²) >= 11 is 0. The normalized spacial score (nSPS) is 11.6. The van der Waals surface area contributed by atoms with Gasteiger partial charge in [0.2, 0.25) is 9.84 Å². The number of aromatic nitrogens is 2. The smallest absolute Gasteiger partial charge is 0.341 e. The molecule has 0 spiro atoms. The summed E-state index contributed by atoms with van der Waals surface area (Å²) in [4.78, 5) is 10.6. The number of nitrogens with zero attached hydrogens (tertiary/aromatic N) is 1. The van der Waals surface area contributed by atoms with Crippen LogP contribution < -0.4 is 11.1 Å². The van der Waals surface area contributed by atoms with E-state index in [0.717, 1.165) is 12.1 Å². The average molecular weight is 316 g/mol. The van der Waals surface area contributed by atoms with Crippen molar-refractivity contribution in [2.24, 2.45) is 5.73 Å². The molecular weight excluding hydrogens is 306 g/mol. The van der Waals surface area contributed by atoms with Crippen molar-refractivity contribution in [2.45, 2.75) is 10.7 Å². The molecule has 0 atom stereocenters. The molecule has 0 radical (unpaired) electrons. The number of halogens is 2. The molecule has 10 heteroatoms. The highest BCUT2D eigenvalue weighted by atomic mass is 32.2. The fraction of sp³-hybridized carbons (Fsp3) is 0.0909. The van der Waals surface area contributed by atoms with Crippen molar-refractivity contribution >= 4 is 27.2 Å². The van der Waals surface area contributed by atoms with Gasteiger partial charge in [-0.3, -0.25) is 9.89 Å². The first-order valence-electron chi connectivity index (χ1n) is 5.55. The Bertz CT molecular complexity index is 756. The molecule has 7 nitrogen and oxygen atoms in total. The minimum atomic E-state index is -4.63. The van der Waals surface area contributed by atoms with Crippen LogP contribution in [-0.4, -0.2) is 30.3 Å². The molecule has 1 aromatic carbocycles. The number of alkyl halides is 2. The maximum atomic E-state index is 12.4. The highest BCUT2D eigenvalue weighted by Crippen LogP contribution is 2.22. The Balaban J connectivity index is 2.24. The second-order valence-corrected chi connectivity index (χ2v) is 5.88. The predicted molar refractivity (Wildman–Crippen MR) is 70.0 cm³/mol. The first kappa shape index (κ1) is 14.9. The molecule has 0 unspecified atom stereocenters. The van der Waals surface area contributed by atoms with Crippen molar-refractivity contribution in [3.8, 4) is 0 Å². The van der Waals surface area contributed by atoms with Crippen LogP contribution >= 0.6 is 0 Å². The third kappa shape index (κ3) is 2.99. The van der Waals surface area contributed by atoms with Gasteiger partial charge in [0.1, 0.15) is 5.56 Å². The van der Waals surface area contributed by atoms with Gasteiger partial charge in [0.15, 0.2) is 5.82 Å². The molecule has 1 amide bonds. The van der Waals surface area contributed by atoms with Crippen LogP contribution in [0.25, 0.3) is 0 Å². The number of benzene rings is 1. The number of nitrogens with two attached hydrogens (primary N) is 1. The second kappa shape index (κ2) is 5.48. The number of rotatable bonds is 5. The number of anilines is 2. The van der Waals surface area contributed by atoms with Gasteiger partial charge < -0.3 is 11.1 Å². The summed E-state index contributed by atoms with van der Waals surface area (Å²) < 4.78 is 47.3. The number of amides is 1. The molecule has 2 rings (SSSR count). The summed E-state index contributed by atoms with van der Waals surface area (Å²) in [7, 11) is -4.63. The van der Waals surface area contributed by atoms with Gasteiger partial charge in [0, 0.05) is 11.9 Å². The molecule has 0 saturated carbocycles. The van der Waals surface area contributed by atoms with Crippen LogP contribution in [0.5, 0.6) is 0 Å². The monoisotopic (exact) mass is 316 g/mol. The van der Waals surface area contributed by atoms with E-state index in [4.69, 9.17) is 5.73 Å². The van der Waals surface area contributed by atoms with Gasteiger partial charge in [-0.2, -0.15) is 13.9 Å². The Morgan fingerprint density at radius 3 is 2.43 bits per heavy atom. The van der Waals surface area contributed by atoms with Crippen LogP contribution in [0.2, 0.25) is 0 Å². The molecular formula is C11H10F2N4O3S. The summed E-state index contributed by atoms with van der Waals surface area (Å²) in [5.74, 6) is -4.04. The van der Waals surface area contributed by atoms with Crippen LogP contribution in [-0.2, 0) is 9.84 Å². The lowest BCUT2D eigenvalue weighted by atomic mass is 10.3. The fourth-order valence-electron chi connectivity index (χ4n) is 1.54. The number of sulfone groups is 1. The lowest BCUT2D eigenvalue weighted by molar-refractivity contribution is 0.100. The SMILES string of the molecule is NC(=O)c1c[nH]nc1Nc1ccc(S(=O)(=O)C(F)F)cc1. The van der Waals surface area contributed by atoms with E-state index in [1.807, 2.05) is 0 Å². The molecule has 1 heterocycles. The number of nitrogens with one attached hydrogen (secondary N) is 2. The van der Waals surface area contributed by atoms with Gasteiger partial charge in [-0.25, -0.2) is 8.42 Å². The van der Waals surface area contributed by atoms with Gasteiger partial charge in [-0.05, 0) is 24.3 Å². The first-order valence-corrected chi connectivity index (χ1v) is 7.09. The summed E-state index contributed by atoms with van der Waals surface area (Å²) in [6.07, 6.45) is 1.29. The van der Waals surface area contributed by atoms with Crippen LogP contribution in [0.1, 0.15) is 10.4 Å². The van der Waals surface area contributed by atoms with Gasteiger partial charge in [0.05, 0.1) is 4.90 Å². The number of hydrogen-bond acceptors (Lipinski definition) is 5. The minimum Gasteiger partial charge on any atom is -0.365 e. The van der Waals surface area contributed by atoms with Gasteiger partial charge in [-0.1, -0.05) is 0 Å². The summed E-state index contributed by atoms with van der Waals surface area (Å²) in [5, 5.41) is 8.92. The average Bonchev–Trinajstić information content (AvgIpc) is 2.87.